The second-order valence-corrected chi connectivity index (χ2v) is 9.44. The molecule has 4 rings (SSSR count). The molecule has 0 radical (unpaired) electrons. The van der Waals surface area contributed by atoms with Gasteiger partial charge in [-0.15, -0.1) is 10.2 Å². The highest BCUT2D eigenvalue weighted by Gasteiger charge is 2.41. The van der Waals surface area contributed by atoms with Crippen molar-refractivity contribution < 1.29 is 17.6 Å². The molecule has 8 heteroatoms. The number of nitrogens with zero attached hydrogens (tertiary/aromatic N) is 3. The minimum Gasteiger partial charge on any atom is -0.420 e. The van der Waals surface area contributed by atoms with Gasteiger partial charge in [-0.25, -0.2) is 12.7 Å². The maximum Gasteiger partial charge on any atom is 0.247 e. The quantitative estimate of drug-likeness (QED) is 0.639. The van der Waals surface area contributed by atoms with Crippen molar-refractivity contribution in [2.24, 2.45) is 0 Å². The Morgan fingerprint density at radius 1 is 0.966 bits per heavy atom. The third-order valence-electron chi connectivity index (χ3n) is 5.37. The normalized spacial score (nSPS) is 16.8. The summed E-state index contributed by atoms with van der Waals surface area (Å²) in [6.45, 7) is 1.23. The second-order valence-electron chi connectivity index (χ2n) is 7.29. The Hall–Kier alpha value is -2.55. The van der Waals surface area contributed by atoms with Gasteiger partial charge in [0.25, 0.3) is 0 Å². The summed E-state index contributed by atoms with van der Waals surface area (Å²) < 4.78 is 37.8. The first-order valence-electron chi connectivity index (χ1n) is 9.44. The van der Waals surface area contributed by atoms with E-state index in [0.29, 0.717) is 30.6 Å². The molecule has 2 heterocycles. The smallest absolute Gasteiger partial charge is 0.247 e. The number of hydrogen-bond donors (Lipinski definition) is 0. The standard InChI is InChI=1S/C21H23N3O4S/c1-24(2)29(25,26)18-10-6-7-16(15-18)19-22-23-20(28-19)21(11-13-27-14-12-21)17-8-4-3-5-9-17/h3-10,15H,11-14H2,1-2H3. The van der Waals surface area contributed by atoms with Crippen LogP contribution in [-0.4, -0.2) is 50.2 Å². The van der Waals surface area contributed by atoms with Gasteiger partial charge in [0.1, 0.15) is 0 Å². The molecule has 2 aromatic carbocycles. The van der Waals surface area contributed by atoms with Gasteiger partial charge in [-0.1, -0.05) is 36.4 Å². The van der Waals surface area contributed by atoms with Crippen LogP contribution in [0.4, 0.5) is 0 Å². The lowest BCUT2D eigenvalue weighted by atomic mass is 9.74. The maximum atomic E-state index is 12.4. The molecule has 0 atom stereocenters. The molecule has 1 fully saturated rings. The van der Waals surface area contributed by atoms with Crippen LogP contribution in [0.1, 0.15) is 24.3 Å². The van der Waals surface area contributed by atoms with Crippen molar-refractivity contribution in [2.45, 2.75) is 23.2 Å². The van der Waals surface area contributed by atoms with Crippen molar-refractivity contribution >= 4 is 10.0 Å². The Morgan fingerprint density at radius 3 is 2.38 bits per heavy atom. The Bertz CT molecular complexity index is 1090. The van der Waals surface area contributed by atoms with Gasteiger partial charge in [0.15, 0.2) is 0 Å². The lowest BCUT2D eigenvalue weighted by molar-refractivity contribution is 0.0546. The first-order valence-corrected chi connectivity index (χ1v) is 10.9. The second kappa shape index (κ2) is 7.70. The third-order valence-corrected chi connectivity index (χ3v) is 7.18. The molecule has 0 unspecified atom stereocenters. The molecule has 3 aromatic rings. The van der Waals surface area contributed by atoms with E-state index in [2.05, 4.69) is 22.3 Å². The summed E-state index contributed by atoms with van der Waals surface area (Å²) in [6, 6.07) is 16.7. The summed E-state index contributed by atoms with van der Waals surface area (Å²) in [5.41, 5.74) is 1.28. The third kappa shape index (κ3) is 3.59. The summed E-state index contributed by atoms with van der Waals surface area (Å²) in [4.78, 5) is 0.184. The fourth-order valence-corrected chi connectivity index (χ4v) is 4.58. The number of aromatic nitrogens is 2. The Kier molecular flexibility index (Phi) is 5.24. The number of rotatable bonds is 5. The monoisotopic (exact) mass is 413 g/mol. The summed E-state index contributed by atoms with van der Waals surface area (Å²) in [5, 5.41) is 8.59. The Labute approximate surface area is 170 Å². The van der Waals surface area contributed by atoms with Crippen LogP contribution in [0.2, 0.25) is 0 Å². The van der Waals surface area contributed by atoms with Crippen molar-refractivity contribution in [3.05, 3.63) is 66.1 Å². The molecule has 1 aliphatic rings. The summed E-state index contributed by atoms with van der Waals surface area (Å²) >= 11 is 0. The molecule has 0 spiro atoms. The molecule has 152 valence electrons. The first kappa shape index (κ1) is 19.8. The minimum atomic E-state index is -3.55. The molecule has 1 aromatic heterocycles. The zero-order valence-electron chi connectivity index (χ0n) is 16.4. The van der Waals surface area contributed by atoms with Crippen molar-refractivity contribution in [3.63, 3.8) is 0 Å². The SMILES string of the molecule is CN(C)S(=O)(=O)c1cccc(-c2nnc(C3(c4ccccc4)CCOCC3)o2)c1. The van der Waals surface area contributed by atoms with Crippen LogP contribution in [0.15, 0.2) is 63.9 Å². The fourth-order valence-electron chi connectivity index (χ4n) is 3.64. The van der Waals surface area contributed by atoms with Gasteiger partial charge >= 0.3 is 0 Å². The van der Waals surface area contributed by atoms with Crippen LogP contribution in [0.5, 0.6) is 0 Å². The van der Waals surface area contributed by atoms with E-state index in [9.17, 15) is 8.42 Å². The van der Waals surface area contributed by atoms with Crippen LogP contribution in [-0.2, 0) is 20.2 Å². The molecule has 1 aliphatic heterocycles. The van der Waals surface area contributed by atoms with Crippen molar-refractivity contribution in [1.29, 1.82) is 0 Å². The molecular formula is C21H23N3O4S. The molecular weight excluding hydrogens is 390 g/mol. The topological polar surface area (TPSA) is 85.5 Å². The zero-order chi connectivity index (χ0) is 20.5. The van der Waals surface area contributed by atoms with Crippen LogP contribution in [0.25, 0.3) is 11.5 Å². The van der Waals surface area contributed by atoms with E-state index >= 15 is 0 Å². The van der Waals surface area contributed by atoms with Crippen LogP contribution in [0.3, 0.4) is 0 Å². The Morgan fingerprint density at radius 2 is 1.69 bits per heavy atom. The fraction of sp³-hybridized carbons (Fsp3) is 0.333. The molecule has 0 aliphatic carbocycles. The van der Waals surface area contributed by atoms with E-state index in [4.69, 9.17) is 9.15 Å². The van der Waals surface area contributed by atoms with Gasteiger partial charge in [-0.05, 0) is 36.6 Å². The van der Waals surface area contributed by atoms with Gasteiger partial charge < -0.3 is 9.15 Å². The predicted molar refractivity (Wildman–Crippen MR) is 108 cm³/mol. The number of ether oxygens (including phenoxy) is 1. The highest BCUT2D eigenvalue weighted by molar-refractivity contribution is 7.89. The minimum absolute atomic E-state index is 0.184. The largest absolute Gasteiger partial charge is 0.420 e. The van der Waals surface area contributed by atoms with E-state index < -0.39 is 15.4 Å². The summed E-state index contributed by atoms with van der Waals surface area (Å²) in [6.07, 6.45) is 1.49. The van der Waals surface area contributed by atoms with E-state index in [1.165, 1.54) is 18.4 Å². The van der Waals surface area contributed by atoms with Gasteiger partial charge in [0, 0.05) is 32.9 Å². The number of benzene rings is 2. The lowest BCUT2D eigenvalue weighted by Gasteiger charge is -2.34. The van der Waals surface area contributed by atoms with Crippen molar-refractivity contribution in [2.75, 3.05) is 27.3 Å². The Balaban J connectivity index is 1.75. The van der Waals surface area contributed by atoms with E-state index in [1.807, 2.05) is 18.2 Å². The van der Waals surface area contributed by atoms with Gasteiger partial charge in [-0.3, -0.25) is 0 Å². The molecule has 0 saturated carbocycles. The highest BCUT2D eigenvalue weighted by atomic mass is 32.2. The van der Waals surface area contributed by atoms with Gasteiger partial charge in [-0.2, -0.15) is 0 Å². The van der Waals surface area contributed by atoms with Crippen LogP contribution >= 0.6 is 0 Å². The molecule has 0 N–H and O–H groups in total. The van der Waals surface area contributed by atoms with Crippen molar-refractivity contribution in [3.8, 4) is 11.5 Å². The summed E-state index contributed by atoms with van der Waals surface area (Å²) in [7, 11) is -0.546. The molecule has 7 nitrogen and oxygen atoms in total. The highest BCUT2D eigenvalue weighted by Crippen LogP contribution is 2.41. The maximum absolute atomic E-state index is 12.4. The molecule has 1 saturated heterocycles. The van der Waals surface area contributed by atoms with Crippen LogP contribution in [0, 0.1) is 0 Å². The van der Waals surface area contributed by atoms with Gasteiger partial charge in [0.05, 0.1) is 10.3 Å². The van der Waals surface area contributed by atoms with Crippen molar-refractivity contribution in [1.82, 2.24) is 14.5 Å². The lowest BCUT2D eigenvalue weighted by Crippen LogP contribution is -2.35. The number of hydrogen-bond acceptors (Lipinski definition) is 6. The van der Waals surface area contributed by atoms with E-state index in [0.717, 1.165) is 18.4 Å². The molecule has 0 bridgehead atoms. The van der Waals surface area contributed by atoms with Gasteiger partial charge in [0.2, 0.25) is 21.8 Å². The summed E-state index contributed by atoms with van der Waals surface area (Å²) in [5.74, 6) is 0.834. The zero-order valence-corrected chi connectivity index (χ0v) is 17.2. The molecule has 29 heavy (non-hydrogen) atoms. The first-order chi connectivity index (χ1) is 13.9. The molecule has 0 amide bonds. The number of sulfonamides is 1. The van der Waals surface area contributed by atoms with E-state index in [-0.39, 0.29) is 4.90 Å². The predicted octanol–water partition coefficient (Wildman–Crippen LogP) is 3.08. The van der Waals surface area contributed by atoms with E-state index in [1.54, 1.807) is 24.3 Å². The average Bonchev–Trinajstić information content (AvgIpc) is 3.26. The average molecular weight is 413 g/mol. The van der Waals surface area contributed by atoms with Crippen LogP contribution < -0.4 is 0 Å².